The summed E-state index contributed by atoms with van der Waals surface area (Å²) in [6.45, 7) is -4.48. The number of ether oxygens (including phenoxy) is 1. The molecule has 0 aromatic carbocycles. The fourth-order valence-electron chi connectivity index (χ4n) is 6.16. The zero-order valence-corrected chi connectivity index (χ0v) is 24.2. The van der Waals surface area contributed by atoms with Crippen molar-refractivity contribution in [3.8, 4) is 0 Å². The number of aliphatic hydroxyl groups is 4. The molecule has 3 aliphatic rings. The predicted octanol–water partition coefficient (Wildman–Crippen LogP) is -0.597. The summed E-state index contributed by atoms with van der Waals surface area (Å²) in [5.41, 5.74) is 4.39. The van der Waals surface area contributed by atoms with Crippen LogP contribution in [0.4, 0.5) is 5.82 Å². The maximum absolute atomic E-state index is 13.9. The summed E-state index contributed by atoms with van der Waals surface area (Å²) in [6, 6.07) is 1.32. The number of anilines is 1. The van der Waals surface area contributed by atoms with Gasteiger partial charge in [0.2, 0.25) is 5.78 Å². The third kappa shape index (κ3) is 4.08. The van der Waals surface area contributed by atoms with Crippen LogP contribution in [0.25, 0.3) is 16.9 Å². The van der Waals surface area contributed by atoms with Crippen molar-refractivity contribution in [2.24, 2.45) is 5.41 Å². The number of rotatable bonds is 7. The number of hydrogen-bond donors (Lipinski definition) is 6. The average molecular weight is 639 g/mol. The summed E-state index contributed by atoms with van der Waals surface area (Å²) in [4.78, 5) is 28.8. The maximum atomic E-state index is 13.9. The largest absolute Gasteiger partial charge is 0.394 e. The summed E-state index contributed by atoms with van der Waals surface area (Å²) in [6.07, 6.45) is 1.79. The Morgan fingerprint density at radius 2 is 2.00 bits per heavy atom. The second-order valence-electron chi connectivity index (χ2n) is 10.6. The number of thioether (sulfide) groups is 1. The predicted molar refractivity (Wildman–Crippen MR) is 152 cm³/mol. The van der Waals surface area contributed by atoms with Crippen molar-refractivity contribution in [3.05, 3.63) is 47.7 Å². The van der Waals surface area contributed by atoms with Crippen molar-refractivity contribution in [1.82, 2.24) is 33.5 Å². The number of nitrogens with zero attached hydrogens (tertiary/aromatic N) is 7. The van der Waals surface area contributed by atoms with Crippen LogP contribution in [0.3, 0.4) is 0 Å². The van der Waals surface area contributed by atoms with E-state index in [2.05, 4.69) is 32.2 Å². The van der Waals surface area contributed by atoms with Gasteiger partial charge in [-0.05, 0) is 6.42 Å². The summed E-state index contributed by atoms with van der Waals surface area (Å²) in [7, 11) is 0. The third-order valence-electron chi connectivity index (χ3n) is 8.39. The van der Waals surface area contributed by atoms with Crippen LogP contribution in [0.2, 0.25) is 0 Å². The molecule has 1 unspecified atom stereocenters. The highest BCUT2D eigenvalue weighted by molar-refractivity contribution is 8.46. The van der Waals surface area contributed by atoms with Crippen LogP contribution in [0.1, 0.15) is 18.0 Å². The van der Waals surface area contributed by atoms with Crippen LogP contribution >= 0.6 is 30.6 Å². The summed E-state index contributed by atoms with van der Waals surface area (Å²) in [5, 5.41) is 41.4. The lowest BCUT2D eigenvalue weighted by molar-refractivity contribution is -0.0463. The van der Waals surface area contributed by atoms with E-state index >= 15 is 0 Å². The fraction of sp³-hybridized carbons (Fsp3) is 0.522. The van der Waals surface area contributed by atoms with E-state index in [-0.39, 0.29) is 30.2 Å². The molecule has 3 fully saturated rings. The van der Waals surface area contributed by atoms with Gasteiger partial charge in [-0.1, -0.05) is 12.2 Å². The Hall–Kier alpha value is -2.54. The Morgan fingerprint density at radius 3 is 2.79 bits per heavy atom. The standard InChI is InChI=1S/C23H27N8O8PS2/c24-18-14-19(27-8-26-18)31(9-28-14)20-16(35)15(34)11(42-20)7-38-40(37,41)12-5-23(12)17(36)10(6-32)39-21(23)30-3-1-13(33)29-4-2-25-22(29)30/h1-4,8-12,15-17,20-21,32,34-36H,5-7H2,(H,37,41)(H2,24,26,27)/t10-,11-,12+,15-,16-,17-,20-,21-,23?,40+/m1/s1. The molecule has 4 aromatic heterocycles. The fourth-order valence-corrected chi connectivity index (χ4v) is 10.8. The lowest BCUT2D eigenvalue weighted by Gasteiger charge is -2.26. The number of imidazole rings is 2. The van der Waals surface area contributed by atoms with Gasteiger partial charge in [0.05, 0.1) is 48.1 Å². The number of aliphatic hydroxyl groups excluding tert-OH is 4. The van der Waals surface area contributed by atoms with Gasteiger partial charge >= 0.3 is 0 Å². The van der Waals surface area contributed by atoms with Crippen molar-refractivity contribution in [2.75, 3.05) is 18.9 Å². The molecule has 224 valence electrons. The third-order valence-corrected chi connectivity index (χ3v) is 13.1. The topological polar surface area (TPSA) is 225 Å². The van der Waals surface area contributed by atoms with E-state index in [4.69, 9.17) is 15.0 Å². The van der Waals surface area contributed by atoms with Crippen molar-refractivity contribution < 1.29 is 34.3 Å². The molecule has 0 bridgehead atoms. The van der Waals surface area contributed by atoms with E-state index in [1.54, 1.807) is 9.13 Å². The molecular weight excluding hydrogens is 611 g/mol. The Balaban J connectivity index is 1.12. The van der Waals surface area contributed by atoms with Gasteiger partial charge in [-0.3, -0.25) is 22.9 Å². The molecular formula is C23H27N8O8PS2. The zero-order valence-electron chi connectivity index (χ0n) is 21.6. The van der Waals surface area contributed by atoms with Crippen LogP contribution in [0.15, 0.2) is 42.1 Å². The van der Waals surface area contributed by atoms with E-state index in [9.17, 15) is 29.8 Å². The molecule has 1 aliphatic carbocycles. The Kier molecular flexibility index (Phi) is 6.73. The van der Waals surface area contributed by atoms with Crippen molar-refractivity contribution in [2.45, 2.75) is 53.3 Å². The number of aromatic nitrogens is 7. The summed E-state index contributed by atoms with van der Waals surface area (Å²) in [5.74, 6) is 0.435. The average Bonchev–Trinajstić information content (AvgIpc) is 3.26. The molecule has 1 spiro atoms. The van der Waals surface area contributed by atoms with Gasteiger partial charge in [-0.2, -0.15) is 0 Å². The van der Waals surface area contributed by atoms with Crippen LogP contribution in [-0.2, 0) is 13.8 Å². The maximum Gasteiger partial charge on any atom is 0.258 e. The molecule has 6 N–H and O–H groups in total. The van der Waals surface area contributed by atoms with E-state index in [0.717, 1.165) is 0 Å². The van der Waals surface area contributed by atoms with Crippen LogP contribution in [0.5, 0.6) is 0 Å². The highest BCUT2D eigenvalue weighted by atomic mass is 32.7. The Morgan fingerprint density at radius 1 is 1.19 bits per heavy atom. The smallest absolute Gasteiger partial charge is 0.258 e. The highest BCUT2D eigenvalue weighted by Crippen LogP contribution is 2.79. The number of nitrogen functional groups attached to an aromatic ring is 1. The molecule has 19 heteroatoms. The van der Waals surface area contributed by atoms with Gasteiger partial charge in [0, 0.05) is 24.7 Å². The van der Waals surface area contributed by atoms with E-state index in [1.807, 2.05) is 0 Å². The van der Waals surface area contributed by atoms with Gasteiger partial charge in [0.25, 0.3) is 12.1 Å². The lowest BCUT2D eigenvalue weighted by atomic mass is 9.96. The van der Waals surface area contributed by atoms with Gasteiger partial charge in [0.15, 0.2) is 11.5 Å². The first kappa shape index (κ1) is 28.2. The molecule has 7 rings (SSSR count). The monoisotopic (exact) mass is 638 g/mol. The van der Waals surface area contributed by atoms with Crippen LogP contribution < -0.4 is 11.3 Å². The SMILES string of the molecule is Nc1ncnc2c1ncn2[C@@H]1S[C@H](CO[P@](=O)(S)[C@H]2CC23[C@H](O)[C@@H](CO)O[C@H]3n2ccc(=O)n3ccnc23)[C@@H](O)[C@H]1O. The Bertz CT molecular complexity index is 1790. The van der Waals surface area contributed by atoms with Crippen LogP contribution in [0, 0.1) is 5.41 Å². The van der Waals surface area contributed by atoms with Gasteiger partial charge < -0.3 is 35.4 Å². The molecule has 2 saturated heterocycles. The van der Waals surface area contributed by atoms with Crippen molar-refractivity contribution in [1.29, 1.82) is 0 Å². The molecule has 1 saturated carbocycles. The molecule has 0 amide bonds. The molecule has 42 heavy (non-hydrogen) atoms. The normalized spacial score (nSPS) is 35.8. The minimum Gasteiger partial charge on any atom is -0.394 e. The first-order valence-corrected chi connectivity index (χ1v) is 16.8. The molecule has 0 radical (unpaired) electrons. The summed E-state index contributed by atoms with van der Waals surface area (Å²) >= 11 is 5.61. The minimum absolute atomic E-state index is 0.182. The number of fused-ring (bicyclic) bond motifs is 2. The molecule has 6 heterocycles. The lowest BCUT2D eigenvalue weighted by Crippen LogP contribution is -2.34. The first-order valence-electron chi connectivity index (χ1n) is 13.0. The highest BCUT2D eigenvalue weighted by Gasteiger charge is 2.75. The number of nitrogens with two attached hydrogens (primary N) is 1. The molecule has 16 nitrogen and oxygen atoms in total. The molecule has 4 aromatic rings. The second kappa shape index (κ2) is 10.0. The van der Waals surface area contributed by atoms with E-state index in [0.29, 0.717) is 11.2 Å². The van der Waals surface area contributed by atoms with E-state index in [1.165, 1.54) is 53.5 Å². The summed E-state index contributed by atoms with van der Waals surface area (Å²) < 4.78 is 30.3. The van der Waals surface area contributed by atoms with Gasteiger partial charge in [0.1, 0.15) is 35.7 Å². The second-order valence-corrected chi connectivity index (χ2v) is 15.7. The molecule has 10 atom stereocenters. The van der Waals surface area contributed by atoms with Crippen LogP contribution in [-0.4, -0.2) is 102 Å². The molecule has 2 aliphatic heterocycles. The minimum atomic E-state index is -3.77. The quantitative estimate of drug-likeness (QED) is 0.110. The Labute approximate surface area is 246 Å². The number of hydrogen-bond acceptors (Lipinski definition) is 14. The van der Waals surface area contributed by atoms with Crippen molar-refractivity contribution >= 4 is 53.3 Å². The number of thiol groups is 1. The van der Waals surface area contributed by atoms with E-state index < -0.39 is 65.5 Å². The van der Waals surface area contributed by atoms with Crippen molar-refractivity contribution in [3.63, 3.8) is 0 Å². The van der Waals surface area contributed by atoms with Gasteiger partial charge in [-0.15, -0.1) is 11.8 Å². The zero-order chi connectivity index (χ0) is 29.6. The van der Waals surface area contributed by atoms with Gasteiger partial charge in [-0.25, -0.2) is 19.9 Å². The first-order chi connectivity index (χ1) is 20.1.